The second kappa shape index (κ2) is 7.23. The molecule has 3 heteroatoms. The summed E-state index contributed by atoms with van der Waals surface area (Å²) < 4.78 is 0. The first kappa shape index (κ1) is 14.8. The average Bonchev–Trinajstić information content (AvgIpc) is 2.56. The zero-order chi connectivity index (χ0) is 15.2. The first-order valence-corrected chi connectivity index (χ1v) is 7.90. The highest BCUT2D eigenvalue weighted by Crippen LogP contribution is 2.19. The molecule has 0 spiro atoms. The molecule has 2 aromatic rings. The molecular formula is C19H22N2O. The summed E-state index contributed by atoms with van der Waals surface area (Å²) in [6, 6.07) is 21.3. The Morgan fingerprint density at radius 1 is 0.909 bits per heavy atom. The molecule has 3 rings (SSSR count). The average molecular weight is 294 g/mol. The molecule has 1 N–H and O–H groups in total. The molecular weight excluding hydrogens is 272 g/mol. The summed E-state index contributed by atoms with van der Waals surface area (Å²) in [6.07, 6.45) is 1.62. The molecule has 0 saturated carbocycles. The Kier molecular flexibility index (Phi) is 4.86. The summed E-state index contributed by atoms with van der Waals surface area (Å²) in [7, 11) is 0. The van der Waals surface area contributed by atoms with E-state index in [0.717, 1.165) is 26.1 Å². The molecule has 0 unspecified atom stereocenters. The van der Waals surface area contributed by atoms with Crippen molar-refractivity contribution in [2.45, 2.75) is 32.0 Å². The van der Waals surface area contributed by atoms with Crippen molar-refractivity contribution >= 4 is 5.91 Å². The van der Waals surface area contributed by atoms with Crippen molar-refractivity contribution in [1.82, 2.24) is 10.2 Å². The molecule has 1 atom stereocenters. The van der Waals surface area contributed by atoms with Crippen molar-refractivity contribution in [2.75, 3.05) is 6.54 Å². The van der Waals surface area contributed by atoms with Gasteiger partial charge in [-0.05, 0) is 17.5 Å². The standard InChI is InChI=1S/C19H22N2O/c22-19-13-18(11-12-20-19)21(14-16-7-3-1-4-8-16)15-17-9-5-2-6-10-17/h1-10,18H,11-15H2,(H,20,22)/t18-/m1/s1. The van der Waals surface area contributed by atoms with Crippen molar-refractivity contribution in [3.63, 3.8) is 0 Å². The highest BCUT2D eigenvalue weighted by Gasteiger charge is 2.25. The maximum Gasteiger partial charge on any atom is 0.221 e. The summed E-state index contributed by atoms with van der Waals surface area (Å²) in [5.74, 6) is 0.169. The van der Waals surface area contributed by atoms with Crippen LogP contribution in [0, 0.1) is 0 Å². The van der Waals surface area contributed by atoms with Crippen LogP contribution in [0.2, 0.25) is 0 Å². The van der Waals surface area contributed by atoms with E-state index in [1.54, 1.807) is 0 Å². The van der Waals surface area contributed by atoms with E-state index >= 15 is 0 Å². The largest absolute Gasteiger partial charge is 0.356 e. The SMILES string of the molecule is O=C1C[C@H](N(Cc2ccccc2)Cc2ccccc2)CCN1. The van der Waals surface area contributed by atoms with E-state index in [2.05, 4.69) is 58.7 Å². The Balaban J connectivity index is 1.76. The van der Waals surface area contributed by atoms with Crippen LogP contribution in [0.15, 0.2) is 60.7 Å². The minimum atomic E-state index is 0.169. The summed E-state index contributed by atoms with van der Waals surface area (Å²) in [4.78, 5) is 14.2. The summed E-state index contributed by atoms with van der Waals surface area (Å²) >= 11 is 0. The molecule has 1 aliphatic rings. The van der Waals surface area contributed by atoms with Crippen molar-refractivity contribution in [3.8, 4) is 0 Å². The number of benzene rings is 2. The molecule has 0 radical (unpaired) electrons. The van der Waals surface area contributed by atoms with Gasteiger partial charge < -0.3 is 5.32 Å². The Morgan fingerprint density at radius 3 is 1.95 bits per heavy atom. The van der Waals surface area contributed by atoms with Crippen LogP contribution in [0.3, 0.4) is 0 Å². The predicted molar refractivity (Wildman–Crippen MR) is 88.2 cm³/mol. The fourth-order valence-electron chi connectivity index (χ4n) is 3.03. The molecule has 1 saturated heterocycles. The third kappa shape index (κ3) is 3.95. The lowest BCUT2D eigenvalue weighted by atomic mass is 10.0. The minimum Gasteiger partial charge on any atom is -0.356 e. The monoisotopic (exact) mass is 294 g/mol. The molecule has 1 heterocycles. The number of carbonyl (C=O) groups excluding carboxylic acids is 1. The smallest absolute Gasteiger partial charge is 0.221 e. The lowest BCUT2D eigenvalue weighted by Gasteiger charge is -2.34. The first-order valence-electron chi connectivity index (χ1n) is 7.90. The molecule has 0 aliphatic carbocycles. The van der Waals surface area contributed by atoms with Gasteiger partial charge in [0.05, 0.1) is 0 Å². The van der Waals surface area contributed by atoms with Gasteiger partial charge in [0.1, 0.15) is 0 Å². The second-order valence-corrected chi connectivity index (χ2v) is 5.87. The maximum atomic E-state index is 11.7. The van der Waals surface area contributed by atoms with Gasteiger partial charge >= 0.3 is 0 Å². The van der Waals surface area contributed by atoms with E-state index in [9.17, 15) is 4.79 Å². The van der Waals surface area contributed by atoms with Gasteiger partial charge in [-0.25, -0.2) is 0 Å². The number of hydrogen-bond acceptors (Lipinski definition) is 2. The van der Waals surface area contributed by atoms with E-state index in [4.69, 9.17) is 0 Å². The molecule has 22 heavy (non-hydrogen) atoms. The minimum absolute atomic E-state index is 0.169. The quantitative estimate of drug-likeness (QED) is 0.919. The highest BCUT2D eigenvalue weighted by molar-refractivity contribution is 5.77. The third-order valence-electron chi connectivity index (χ3n) is 4.19. The number of amides is 1. The molecule has 3 nitrogen and oxygen atoms in total. The second-order valence-electron chi connectivity index (χ2n) is 5.87. The Hall–Kier alpha value is -2.13. The molecule has 1 fully saturated rings. The van der Waals surface area contributed by atoms with Gasteiger partial charge in [-0.1, -0.05) is 60.7 Å². The van der Waals surface area contributed by atoms with Gasteiger partial charge in [-0.3, -0.25) is 9.69 Å². The fourth-order valence-corrected chi connectivity index (χ4v) is 3.03. The van der Waals surface area contributed by atoms with Crippen LogP contribution in [0.5, 0.6) is 0 Å². The van der Waals surface area contributed by atoms with Crippen molar-refractivity contribution in [3.05, 3.63) is 71.8 Å². The van der Waals surface area contributed by atoms with Crippen molar-refractivity contribution < 1.29 is 4.79 Å². The van der Waals surface area contributed by atoms with E-state index in [0.29, 0.717) is 12.5 Å². The Labute approximate surface area is 132 Å². The van der Waals surface area contributed by atoms with Gasteiger partial charge in [0.25, 0.3) is 0 Å². The molecule has 114 valence electrons. The van der Waals surface area contributed by atoms with E-state index < -0.39 is 0 Å². The zero-order valence-corrected chi connectivity index (χ0v) is 12.7. The topological polar surface area (TPSA) is 32.3 Å². The van der Waals surface area contributed by atoms with Crippen LogP contribution in [-0.2, 0) is 17.9 Å². The van der Waals surface area contributed by atoms with Crippen LogP contribution < -0.4 is 5.32 Å². The summed E-state index contributed by atoms with van der Waals surface area (Å²) in [6.45, 7) is 2.55. The van der Waals surface area contributed by atoms with Crippen LogP contribution in [0.4, 0.5) is 0 Å². The van der Waals surface area contributed by atoms with Gasteiger partial charge in [0, 0.05) is 32.1 Å². The van der Waals surface area contributed by atoms with E-state index in [-0.39, 0.29) is 5.91 Å². The number of nitrogens with zero attached hydrogens (tertiary/aromatic N) is 1. The first-order chi connectivity index (χ1) is 10.8. The lowest BCUT2D eigenvalue weighted by Crippen LogP contribution is -2.45. The molecule has 1 aliphatic heterocycles. The Bertz CT molecular complexity index is 556. The third-order valence-corrected chi connectivity index (χ3v) is 4.19. The number of piperidine rings is 1. The summed E-state index contributed by atoms with van der Waals surface area (Å²) in [5.41, 5.74) is 2.59. The van der Waals surface area contributed by atoms with Crippen LogP contribution in [-0.4, -0.2) is 23.4 Å². The van der Waals surface area contributed by atoms with Crippen molar-refractivity contribution in [2.24, 2.45) is 0 Å². The number of nitrogens with one attached hydrogen (secondary N) is 1. The number of carbonyl (C=O) groups is 1. The molecule has 0 aromatic heterocycles. The van der Waals surface area contributed by atoms with Crippen LogP contribution in [0.25, 0.3) is 0 Å². The van der Waals surface area contributed by atoms with Gasteiger partial charge in [0.2, 0.25) is 5.91 Å². The van der Waals surface area contributed by atoms with E-state index in [1.165, 1.54) is 11.1 Å². The molecule has 1 amide bonds. The normalized spacial score (nSPS) is 18.2. The van der Waals surface area contributed by atoms with Gasteiger partial charge in [0.15, 0.2) is 0 Å². The fraction of sp³-hybridized carbons (Fsp3) is 0.316. The zero-order valence-electron chi connectivity index (χ0n) is 12.7. The van der Waals surface area contributed by atoms with Crippen LogP contribution >= 0.6 is 0 Å². The van der Waals surface area contributed by atoms with Crippen LogP contribution in [0.1, 0.15) is 24.0 Å². The highest BCUT2D eigenvalue weighted by atomic mass is 16.1. The molecule has 2 aromatic carbocycles. The van der Waals surface area contributed by atoms with Crippen molar-refractivity contribution in [1.29, 1.82) is 0 Å². The number of hydrogen-bond donors (Lipinski definition) is 1. The van der Waals surface area contributed by atoms with Gasteiger partial charge in [-0.2, -0.15) is 0 Å². The Morgan fingerprint density at radius 2 is 1.45 bits per heavy atom. The summed E-state index contributed by atoms with van der Waals surface area (Å²) in [5, 5.41) is 2.93. The number of rotatable bonds is 5. The predicted octanol–water partition coefficient (Wildman–Crippen LogP) is 2.97. The maximum absolute atomic E-state index is 11.7. The molecule has 0 bridgehead atoms. The van der Waals surface area contributed by atoms with E-state index in [1.807, 2.05) is 12.1 Å². The lowest BCUT2D eigenvalue weighted by molar-refractivity contribution is -0.124. The van der Waals surface area contributed by atoms with Gasteiger partial charge in [-0.15, -0.1) is 0 Å².